The van der Waals surface area contributed by atoms with E-state index in [0.29, 0.717) is 0 Å². The molecular weight excluding hydrogens is 461 g/mol. The minimum Gasteiger partial charge on any atom is -0.462 e. The molecule has 0 heterocycles. The Morgan fingerprint density at radius 3 is 1.49 bits per heavy atom. The molecule has 0 aromatic heterocycles. The Kier molecular flexibility index (Phi) is 9.04. The van der Waals surface area contributed by atoms with Crippen molar-refractivity contribution in [2.45, 2.75) is 26.8 Å². The van der Waals surface area contributed by atoms with Crippen LogP contribution in [-0.2, 0) is 19.1 Å². The Balaban J connectivity index is 2.49. The van der Waals surface area contributed by atoms with Crippen LogP contribution in [0.25, 0.3) is 0 Å². The van der Waals surface area contributed by atoms with Crippen molar-refractivity contribution in [2.75, 3.05) is 13.2 Å². The van der Waals surface area contributed by atoms with Crippen molar-refractivity contribution in [3.63, 3.8) is 0 Å². The predicted octanol–water partition coefficient (Wildman–Crippen LogP) is 3.42. The topological polar surface area (TPSA) is 81.7 Å². The van der Waals surface area contributed by atoms with Crippen LogP contribution in [0, 0.1) is 0 Å². The number of ketones is 1. The summed E-state index contributed by atoms with van der Waals surface area (Å²) >= 11 is 0. The molecule has 3 aromatic rings. The van der Waals surface area contributed by atoms with E-state index in [1.807, 2.05) is 91.0 Å². The van der Waals surface area contributed by atoms with Crippen molar-refractivity contribution >= 4 is 45.9 Å². The van der Waals surface area contributed by atoms with Gasteiger partial charge in [-0.25, -0.2) is 9.59 Å². The van der Waals surface area contributed by atoms with Gasteiger partial charge in [-0.1, -0.05) is 91.0 Å². The number of nitrogens with one attached hydrogen (secondary N) is 1. The zero-order valence-corrected chi connectivity index (χ0v) is 21.0. The van der Waals surface area contributed by atoms with Gasteiger partial charge in [0.05, 0.1) is 19.3 Å². The fourth-order valence-corrected chi connectivity index (χ4v) is 8.40. The molecule has 0 radical (unpaired) electrons. The lowest BCUT2D eigenvalue weighted by molar-refractivity contribution is -0.135. The number of hydrogen-bond acceptors (Lipinski definition) is 5. The van der Waals surface area contributed by atoms with E-state index in [1.54, 1.807) is 20.8 Å². The minimum atomic E-state index is -3.02. The third-order valence-corrected chi connectivity index (χ3v) is 9.76. The van der Waals surface area contributed by atoms with E-state index < -0.39 is 30.8 Å². The Labute approximate surface area is 206 Å². The van der Waals surface area contributed by atoms with Gasteiger partial charge in [0.1, 0.15) is 5.29 Å². The summed E-state index contributed by atoms with van der Waals surface area (Å²) in [4.78, 5) is 39.9. The largest absolute Gasteiger partial charge is 0.462 e. The van der Waals surface area contributed by atoms with E-state index in [9.17, 15) is 14.4 Å². The van der Waals surface area contributed by atoms with Crippen molar-refractivity contribution < 1.29 is 23.9 Å². The molecule has 0 aliphatic carbocycles. The van der Waals surface area contributed by atoms with Crippen LogP contribution in [-0.4, -0.2) is 42.4 Å². The van der Waals surface area contributed by atoms with Gasteiger partial charge in [-0.05, 0) is 43.6 Å². The molecule has 1 unspecified atom stereocenters. The first-order valence-electron chi connectivity index (χ1n) is 11.5. The van der Waals surface area contributed by atoms with E-state index >= 15 is 0 Å². The van der Waals surface area contributed by atoms with Crippen molar-refractivity contribution in [1.82, 2.24) is 5.32 Å². The van der Waals surface area contributed by atoms with Crippen molar-refractivity contribution in [1.29, 1.82) is 0 Å². The summed E-state index contributed by atoms with van der Waals surface area (Å²) in [5, 5.41) is 5.08. The summed E-state index contributed by atoms with van der Waals surface area (Å²) in [5.41, 5.74) is 0. The average molecular weight is 492 g/mol. The normalized spacial score (nSPS) is 11.7. The summed E-state index contributed by atoms with van der Waals surface area (Å²) in [7, 11) is 0. The van der Waals surface area contributed by atoms with E-state index in [0.717, 1.165) is 15.9 Å². The van der Waals surface area contributed by atoms with E-state index in [4.69, 9.17) is 9.47 Å². The smallest absolute Gasteiger partial charge is 0.407 e. The number of alkyl carbamates (subject to hydrolysis) is 1. The zero-order valence-electron chi connectivity index (χ0n) is 20.1. The highest BCUT2D eigenvalue weighted by Crippen LogP contribution is 2.46. The summed E-state index contributed by atoms with van der Waals surface area (Å²) in [6.45, 7) is 2.18. The van der Waals surface area contributed by atoms with Crippen molar-refractivity contribution in [3.8, 4) is 0 Å². The predicted molar refractivity (Wildman–Crippen MR) is 141 cm³/mol. The second-order valence-corrected chi connectivity index (χ2v) is 11.0. The fraction of sp³-hybridized carbons (Fsp3) is 0.214. The molecule has 0 aliphatic heterocycles. The molecule has 0 aliphatic rings. The maximum absolute atomic E-state index is 14.1. The molecule has 0 saturated carbocycles. The number of rotatable bonds is 9. The van der Waals surface area contributed by atoms with Crippen molar-refractivity contribution in [3.05, 3.63) is 91.0 Å². The molecular formula is C28H30NO5P. The Hall–Kier alpha value is -3.63. The van der Waals surface area contributed by atoms with Crippen LogP contribution >= 0.6 is 6.89 Å². The lowest BCUT2D eigenvalue weighted by Crippen LogP contribution is -2.47. The average Bonchev–Trinajstić information content (AvgIpc) is 2.88. The van der Waals surface area contributed by atoms with Gasteiger partial charge in [0.2, 0.25) is 0 Å². The number of hydrogen-bond donors (Lipinski definition) is 1. The van der Waals surface area contributed by atoms with Crippen LogP contribution in [0.4, 0.5) is 4.79 Å². The quantitative estimate of drug-likeness (QED) is 0.282. The number of carbonyl (C=O) groups is 3. The maximum Gasteiger partial charge on any atom is 0.407 e. The minimum absolute atomic E-state index is 0.0206. The van der Waals surface area contributed by atoms with Crippen LogP contribution in [0.5, 0.6) is 0 Å². The summed E-state index contributed by atoms with van der Waals surface area (Å²) in [6.07, 6.45) is -0.723. The van der Waals surface area contributed by atoms with Gasteiger partial charge in [-0.2, -0.15) is 0 Å². The first-order chi connectivity index (χ1) is 17.0. The molecule has 0 fully saturated rings. The molecule has 1 atom stereocenters. The number of esters is 1. The second kappa shape index (κ2) is 12.2. The maximum atomic E-state index is 14.1. The fourth-order valence-electron chi connectivity index (χ4n) is 4.01. The monoisotopic (exact) mass is 491 g/mol. The van der Waals surface area contributed by atoms with Gasteiger partial charge < -0.3 is 14.8 Å². The summed E-state index contributed by atoms with van der Waals surface area (Å²) < 4.78 is 10.5. The van der Waals surface area contributed by atoms with Crippen LogP contribution < -0.4 is 21.2 Å². The van der Waals surface area contributed by atoms with E-state index in [2.05, 4.69) is 5.32 Å². The van der Waals surface area contributed by atoms with Gasteiger partial charge in [-0.15, -0.1) is 0 Å². The lowest BCUT2D eigenvalue weighted by atomic mass is 10.1. The second-order valence-electron chi connectivity index (χ2n) is 7.70. The van der Waals surface area contributed by atoms with Crippen LogP contribution in [0.3, 0.4) is 0 Å². The molecule has 7 heteroatoms. The highest BCUT2D eigenvalue weighted by molar-refractivity contribution is 7.97. The first kappa shape index (κ1) is 26.0. The Morgan fingerprint density at radius 1 is 0.714 bits per heavy atom. The number of benzene rings is 3. The molecule has 1 N–H and O–H groups in total. The van der Waals surface area contributed by atoms with Crippen LogP contribution in [0.15, 0.2) is 91.0 Å². The Bertz CT molecular complexity index is 1110. The molecule has 35 heavy (non-hydrogen) atoms. The van der Waals surface area contributed by atoms with Crippen molar-refractivity contribution in [2.24, 2.45) is 0 Å². The first-order valence-corrected chi connectivity index (χ1v) is 13.3. The van der Waals surface area contributed by atoms with Gasteiger partial charge in [-0.3, -0.25) is 4.79 Å². The van der Waals surface area contributed by atoms with Gasteiger partial charge >= 0.3 is 12.1 Å². The van der Waals surface area contributed by atoms with Crippen LogP contribution in [0.2, 0.25) is 0 Å². The molecule has 0 saturated heterocycles. The number of Topliss-reactive ketones (excluding diaryl/α,β-unsaturated/α-hetero) is 1. The highest BCUT2D eigenvalue weighted by atomic mass is 31.2. The third kappa shape index (κ3) is 5.55. The zero-order chi connectivity index (χ0) is 25.3. The SMILES string of the molecule is CCOC(=O)NC(C)C(=O)C(C(=O)OCC)=P(c1ccccc1)(c1ccccc1)c1ccccc1. The number of amides is 1. The number of ether oxygens (including phenoxy) is 2. The standard InChI is InChI=1S/C28H30NO5P/c1-4-33-27(31)26(25(30)21(3)29-28(32)34-5-2)35(22-15-9-6-10-16-22,23-17-11-7-12-18-23)24-19-13-8-14-20-24/h6-21H,4-5H2,1-3H3,(H,29,32). The van der Waals surface area contributed by atoms with E-state index in [-0.39, 0.29) is 18.5 Å². The molecule has 0 spiro atoms. The summed E-state index contributed by atoms with van der Waals surface area (Å²) in [6, 6.07) is 27.6. The summed E-state index contributed by atoms with van der Waals surface area (Å²) in [5.74, 6) is -1.21. The molecule has 182 valence electrons. The van der Waals surface area contributed by atoms with Gasteiger partial charge in [0, 0.05) is 0 Å². The van der Waals surface area contributed by atoms with Gasteiger partial charge in [0.15, 0.2) is 5.78 Å². The molecule has 6 nitrogen and oxygen atoms in total. The molecule has 3 aromatic carbocycles. The van der Waals surface area contributed by atoms with Crippen LogP contribution in [0.1, 0.15) is 20.8 Å². The number of carbonyl (C=O) groups excluding carboxylic acids is 3. The van der Waals surface area contributed by atoms with Gasteiger partial charge in [0.25, 0.3) is 0 Å². The molecule has 1 amide bonds. The third-order valence-electron chi connectivity index (χ3n) is 5.47. The Morgan fingerprint density at radius 2 is 1.11 bits per heavy atom. The highest BCUT2D eigenvalue weighted by Gasteiger charge is 2.39. The molecule has 3 rings (SSSR count). The molecule has 0 bridgehead atoms. The van der Waals surface area contributed by atoms with E-state index in [1.165, 1.54) is 0 Å². The lowest BCUT2D eigenvalue weighted by Gasteiger charge is -2.32.